The molecule has 2 N–H and O–H groups in total. The first-order valence-electron chi connectivity index (χ1n) is 8.34. The van der Waals surface area contributed by atoms with Gasteiger partial charge in [-0.2, -0.15) is 13.5 Å². The summed E-state index contributed by atoms with van der Waals surface area (Å²) >= 11 is 0. The van der Waals surface area contributed by atoms with E-state index in [-0.39, 0.29) is 16.9 Å². The Balaban J connectivity index is 1.83. The highest BCUT2D eigenvalue weighted by atomic mass is 32.2. The van der Waals surface area contributed by atoms with Crippen LogP contribution in [0.3, 0.4) is 0 Å². The Morgan fingerprint density at radius 3 is 2.58 bits per heavy atom. The highest BCUT2D eigenvalue weighted by molar-refractivity contribution is 7.89. The van der Waals surface area contributed by atoms with Crippen LogP contribution in [0.5, 0.6) is 0 Å². The van der Waals surface area contributed by atoms with E-state index in [2.05, 4.69) is 21.9 Å². The zero-order valence-electron chi connectivity index (χ0n) is 14.3. The highest BCUT2D eigenvalue weighted by Crippen LogP contribution is 2.38. The first-order chi connectivity index (χ1) is 11.3. The summed E-state index contributed by atoms with van der Waals surface area (Å²) in [6, 6.07) is 7.27. The van der Waals surface area contributed by atoms with Crippen LogP contribution in [0.4, 0.5) is 0 Å². The molecule has 3 rings (SSSR count). The summed E-state index contributed by atoms with van der Waals surface area (Å²) in [6.45, 7) is 3.66. The van der Waals surface area contributed by atoms with Gasteiger partial charge in [-0.15, -0.1) is 0 Å². The molecule has 0 unspecified atom stereocenters. The van der Waals surface area contributed by atoms with Gasteiger partial charge < -0.3 is 5.11 Å². The Morgan fingerprint density at radius 1 is 1.29 bits per heavy atom. The van der Waals surface area contributed by atoms with Crippen molar-refractivity contribution in [2.75, 3.05) is 7.05 Å². The van der Waals surface area contributed by atoms with E-state index in [1.54, 1.807) is 31.2 Å². The summed E-state index contributed by atoms with van der Waals surface area (Å²) in [5.74, 6) is -0.130. The molecule has 2 fully saturated rings. The number of hydrazone groups is 1. The second kappa shape index (κ2) is 6.46. The summed E-state index contributed by atoms with van der Waals surface area (Å²) in [6.07, 6.45) is 2.22. The monoisotopic (exact) mass is 351 g/mol. The number of sulfonamides is 1. The van der Waals surface area contributed by atoms with Gasteiger partial charge in [0.25, 0.3) is 10.0 Å². The Morgan fingerprint density at radius 2 is 1.96 bits per heavy atom. The zero-order valence-corrected chi connectivity index (χ0v) is 15.1. The van der Waals surface area contributed by atoms with Crippen LogP contribution in [0, 0.1) is 12.8 Å². The molecule has 2 aliphatic heterocycles. The van der Waals surface area contributed by atoms with Gasteiger partial charge in [-0.05, 0) is 45.9 Å². The number of hydrogen-bond acceptors (Lipinski definition) is 5. The molecule has 132 valence electrons. The van der Waals surface area contributed by atoms with Gasteiger partial charge in [-0.1, -0.05) is 17.7 Å². The van der Waals surface area contributed by atoms with Crippen LogP contribution in [-0.4, -0.2) is 49.4 Å². The van der Waals surface area contributed by atoms with Crippen LogP contribution < -0.4 is 4.83 Å². The average molecular weight is 351 g/mol. The Kier molecular flexibility index (Phi) is 4.68. The average Bonchev–Trinajstić information content (AvgIpc) is 2.76. The molecule has 2 bridgehead atoms. The maximum absolute atomic E-state index is 12.4. The lowest BCUT2D eigenvalue weighted by molar-refractivity contribution is 0.0857. The fourth-order valence-electron chi connectivity index (χ4n) is 3.93. The summed E-state index contributed by atoms with van der Waals surface area (Å²) in [4.78, 5) is 4.86. The minimum absolute atomic E-state index is 0.130. The largest absolute Gasteiger partial charge is 0.393 e. The molecule has 1 aromatic carbocycles. The molecule has 6 nitrogen and oxygen atoms in total. The number of aryl methyl sites for hydroxylation is 1. The highest BCUT2D eigenvalue weighted by Gasteiger charge is 2.45. The number of nitrogens with zero attached hydrogens (tertiary/aromatic N) is 2. The van der Waals surface area contributed by atoms with Crippen molar-refractivity contribution >= 4 is 15.7 Å². The van der Waals surface area contributed by atoms with E-state index in [1.165, 1.54) is 0 Å². The maximum Gasteiger partial charge on any atom is 0.276 e. The Bertz CT molecular complexity index is 728. The molecule has 2 saturated heterocycles. The van der Waals surface area contributed by atoms with E-state index in [4.69, 9.17) is 0 Å². The second-order valence-corrected chi connectivity index (χ2v) is 8.61. The summed E-state index contributed by atoms with van der Waals surface area (Å²) in [7, 11) is -1.61. The molecular weight excluding hydrogens is 326 g/mol. The van der Waals surface area contributed by atoms with E-state index in [0.717, 1.165) is 24.1 Å². The van der Waals surface area contributed by atoms with Crippen molar-refractivity contribution in [1.82, 2.24) is 9.73 Å². The lowest BCUT2D eigenvalue weighted by atomic mass is 9.85. The predicted molar refractivity (Wildman–Crippen MR) is 93.3 cm³/mol. The molecule has 2 heterocycles. The first-order valence-corrected chi connectivity index (χ1v) is 9.83. The lowest BCUT2D eigenvalue weighted by Gasteiger charge is -2.39. The molecule has 0 radical (unpaired) electrons. The van der Waals surface area contributed by atoms with Crippen molar-refractivity contribution in [3.05, 3.63) is 29.8 Å². The fraction of sp³-hybridized carbons (Fsp3) is 0.588. The van der Waals surface area contributed by atoms with Crippen LogP contribution in [0.25, 0.3) is 0 Å². The van der Waals surface area contributed by atoms with Gasteiger partial charge >= 0.3 is 0 Å². The normalized spacial score (nSPS) is 30.5. The van der Waals surface area contributed by atoms with E-state index in [0.29, 0.717) is 12.5 Å². The SMILES string of the molecule is Cc1ccc(S(=O)(=O)N/N=C2\C[C@@H]3CC[C@H]([C@H]2[C@H](C)O)N3C)cc1. The Hall–Kier alpha value is -1.44. The van der Waals surface area contributed by atoms with Crippen LogP contribution in [-0.2, 0) is 10.0 Å². The molecule has 0 aliphatic carbocycles. The number of nitrogens with one attached hydrogen (secondary N) is 1. The van der Waals surface area contributed by atoms with E-state index >= 15 is 0 Å². The van der Waals surface area contributed by atoms with Gasteiger partial charge in [0, 0.05) is 30.1 Å². The third kappa shape index (κ3) is 3.20. The molecule has 0 saturated carbocycles. The van der Waals surface area contributed by atoms with Crippen molar-refractivity contribution in [1.29, 1.82) is 0 Å². The molecule has 0 aromatic heterocycles. The zero-order chi connectivity index (χ0) is 17.5. The smallest absolute Gasteiger partial charge is 0.276 e. The summed E-state index contributed by atoms with van der Waals surface area (Å²) in [5.41, 5.74) is 1.76. The lowest BCUT2D eigenvalue weighted by Crippen LogP contribution is -2.51. The van der Waals surface area contributed by atoms with Gasteiger partial charge in [0.05, 0.1) is 11.0 Å². The molecular formula is C17H25N3O3S. The van der Waals surface area contributed by atoms with Crippen LogP contribution in [0.1, 0.15) is 31.7 Å². The molecule has 1 aromatic rings. The number of piperidine rings is 1. The molecule has 4 atom stereocenters. The molecule has 0 amide bonds. The van der Waals surface area contributed by atoms with Crippen molar-refractivity contribution in [2.24, 2.45) is 11.0 Å². The van der Waals surface area contributed by atoms with Crippen LogP contribution >= 0.6 is 0 Å². The van der Waals surface area contributed by atoms with Crippen molar-refractivity contribution in [2.45, 2.75) is 56.2 Å². The molecule has 0 spiro atoms. The third-order valence-electron chi connectivity index (χ3n) is 5.30. The second-order valence-electron chi connectivity index (χ2n) is 6.95. The van der Waals surface area contributed by atoms with Crippen molar-refractivity contribution in [3.8, 4) is 0 Å². The topological polar surface area (TPSA) is 82.0 Å². The molecule has 7 heteroatoms. The van der Waals surface area contributed by atoms with Crippen LogP contribution in [0.15, 0.2) is 34.3 Å². The standard InChI is InChI=1S/C17H25N3O3S/c1-11-4-7-14(8-5-11)24(22,23)19-18-15-10-13-6-9-16(20(13)3)17(15)12(2)21/h4-5,7-8,12-13,16-17,19,21H,6,9-10H2,1-3H3/b18-15+/t12-,13-,16+,17-/m0/s1. The predicted octanol–water partition coefficient (Wildman–Crippen LogP) is 1.49. The van der Waals surface area contributed by atoms with Gasteiger partial charge in [-0.3, -0.25) is 4.90 Å². The van der Waals surface area contributed by atoms with Crippen molar-refractivity contribution < 1.29 is 13.5 Å². The number of aliphatic hydroxyl groups excluding tert-OH is 1. The summed E-state index contributed by atoms with van der Waals surface area (Å²) in [5, 5.41) is 14.4. The third-order valence-corrected chi connectivity index (χ3v) is 6.52. The quantitative estimate of drug-likeness (QED) is 0.805. The number of aliphatic hydroxyl groups is 1. The summed E-state index contributed by atoms with van der Waals surface area (Å²) < 4.78 is 24.8. The van der Waals surface area contributed by atoms with Crippen molar-refractivity contribution in [3.63, 3.8) is 0 Å². The first kappa shape index (κ1) is 17.4. The fourth-order valence-corrected chi connectivity index (χ4v) is 4.77. The number of hydrogen-bond donors (Lipinski definition) is 2. The van der Waals surface area contributed by atoms with Gasteiger partial charge in [0.15, 0.2) is 0 Å². The number of benzene rings is 1. The van der Waals surface area contributed by atoms with Gasteiger partial charge in [0.2, 0.25) is 0 Å². The van der Waals surface area contributed by atoms with Crippen LogP contribution in [0.2, 0.25) is 0 Å². The van der Waals surface area contributed by atoms with E-state index in [9.17, 15) is 13.5 Å². The minimum Gasteiger partial charge on any atom is -0.393 e. The molecule has 2 aliphatic rings. The Labute approximate surface area is 143 Å². The maximum atomic E-state index is 12.4. The van der Waals surface area contributed by atoms with Gasteiger partial charge in [0.1, 0.15) is 0 Å². The molecule has 24 heavy (non-hydrogen) atoms. The van der Waals surface area contributed by atoms with E-state index < -0.39 is 16.1 Å². The number of rotatable bonds is 4. The minimum atomic E-state index is -3.69. The van der Waals surface area contributed by atoms with E-state index in [1.807, 2.05) is 6.92 Å². The number of fused-ring (bicyclic) bond motifs is 2. The van der Waals surface area contributed by atoms with Gasteiger partial charge in [-0.25, -0.2) is 4.83 Å².